The van der Waals surface area contributed by atoms with Gasteiger partial charge in [0.25, 0.3) is 0 Å². The summed E-state index contributed by atoms with van der Waals surface area (Å²) in [4.78, 5) is 0. The van der Waals surface area contributed by atoms with Crippen LogP contribution in [0, 0.1) is 0 Å². The molecular formula is C14H12N2O. The summed E-state index contributed by atoms with van der Waals surface area (Å²) >= 11 is 0. The van der Waals surface area contributed by atoms with Gasteiger partial charge in [0, 0.05) is 5.56 Å². The van der Waals surface area contributed by atoms with Crippen LogP contribution in [-0.2, 0) is 0 Å². The normalized spacial score (nSPS) is 17.3. The highest BCUT2D eigenvalue weighted by molar-refractivity contribution is 5.83. The lowest BCUT2D eigenvalue weighted by Crippen LogP contribution is -2.22. The molecule has 0 aromatic heterocycles. The predicted molar refractivity (Wildman–Crippen MR) is 67.1 cm³/mol. The Morgan fingerprint density at radius 2 is 1.94 bits per heavy atom. The molecule has 0 bridgehead atoms. The minimum Gasteiger partial charge on any atom is -0.508 e. The molecule has 0 spiro atoms. The second-order valence-corrected chi connectivity index (χ2v) is 4.04. The van der Waals surface area contributed by atoms with Gasteiger partial charge < -0.3 is 5.11 Å². The first-order valence-electron chi connectivity index (χ1n) is 5.51. The van der Waals surface area contributed by atoms with Gasteiger partial charge in [-0.15, -0.1) is 0 Å². The SMILES string of the molecule is Oc1cccc(C2NN=Cc3ccccc32)c1. The predicted octanol–water partition coefficient (Wildman–Crippen LogP) is 2.42. The van der Waals surface area contributed by atoms with E-state index in [4.69, 9.17) is 0 Å². The van der Waals surface area contributed by atoms with Crippen molar-refractivity contribution in [1.82, 2.24) is 5.43 Å². The number of rotatable bonds is 1. The van der Waals surface area contributed by atoms with Crippen molar-refractivity contribution < 1.29 is 5.11 Å². The van der Waals surface area contributed by atoms with Crippen LogP contribution in [-0.4, -0.2) is 11.3 Å². The molecule has 0 aliphatic carbocycles. The molecule has 0 saturated carbocycles. The Hall–Kier alpha value is -2.29. The lowest BCUT2D eigenvalue weighted by molar-refractivity contribution is 0.473. The number of hydrogen-bond donors (Lipinski definition) is 2. The van der Waals surface area contributed by atoms with E-state index in [-0.39, 0.29) is 11.8 Å². The molecule has 0 amide bonds. The van der Waals surface area contributed by atoms with E-state index in [1.165, 1.54) is 5.56 Å². The van der Waals surface area contributed by atoms with E-state index in [0.717, 1.165) is 11.1 Å². The summed E-state index contributed by atoms with van der Waals surface area (Å²) in [6, 6.07) is 15.4. The summed E-state index contributed by atoms with van der Waals surface area (Å²) < 4.78 is 0. The zero-order chi connectivity index (χ0) is 11.7. The van der Waals surface area contributed by atoms with Crippen LogP contribution in [0.2, 0.25) is 0 Å². The van der Waals surface area contributed by atoms with Gasteiger partial charge in [-0.3, -0.25) is 5.43 Å². The Morgan fingerprint density at radius 3 is 2.82 bits per heavy atom. The number of hydrogen-bond acceptors (Lipinski definition) is 3. The molecule has 2 N–H and O–H groups in total. The standard InChI is InChI=1S/C14H12N2O/c17-12-6-3-5-10(8-12)14-13-7-2-1-4-11(13)9-15-16-14/h1-9,14,16-17H. The Kier molecular flexibility index (Phi) is 2.29. The number of fused-ring (bicyclic) bond motifs is 1. The molecule has 1 aliphatic heterocycles. The van der Waals surface area contributed by atoms with E-state index in [9.17, 15) is 5.11 Å². The van der Waals surface area contributed by atoms with Crippen molar-refractivity contribution in [3.05, 3.63) is 65.2 Å². The first-order chi connectivity index (χ1) is 8.34. The molecule has 0 fully saturated rings. The van der Waals surface area contributed by atoms with Crippen LogP contribution in [0.3, 0.4) is 0 Å². The fraction of sp³-hybridized carbons (Fsp3) is 0.0714. The maximum atomic E-state index is 9.53. The van der Waals surface area contributed by atoms with Crippen LogP contribution in [0.25, 0.3) is 0 Å². The van der Waals surface area contributed by atoms with Crippen LogP contribution < -0.4 is 5.43 Å². The largest absolute Gasteiger partial charge is 0.508 e. The Morgan fingerprint density at radius 1 is 1.06 bits per heavy atom. The first kappa shape index (κ1) is 9.90. The Bertz CT molecular complexity index is 578. The number of benzene rings is 2. The van der Waals surface area contributed by atoms with Crippen molar-refractivity contribution >= 4 is 6.21 Å². The number of nitrogens with zero attached hydrogens (tertiary/aromatic N) is 1. The zero-order valence-corrected chi connectivity index (χ0v) is 9.17. The second kappa shape index (κ2) is 3.94. The van der Waals surface area contributed by atoms with Crippen LogP contribution in [0.15, 0.2) is 53.6 Å². The fourth-order valence-corrected chi connectivity index (χ4v) is 2.10. The summed E-state index contributed by atoms with van der Waals surface area (Å²) in [6.45, 7) is 0. The monoisotopic (exact) mass is 224 g/mol. The lowest BCUT2D eigenvalue weighted by atomic mass is 9.94. The summed E-state index contributed by atoms with van der Waals surface area (Å²) in [5, 5.41) is 13.7. The molecule has 3 rings (SSSR count). The highest BCUT2D eigenvalue weighted by atomic mass is 16.3. The minimum atomic E-state index is 0.00306. The molecule has 1 aliphatic rings. The maximum absolute atomic E-state index is 9.53. The first-order valence-corrected chi connectivity index (χ1v) is 5.51. The minimum absolute atomic E-state index is 0.00306. The van der Waals surface area contributed by atoms with Gasteiger partial charge in [-0.2, -0.15) is 5.10 Å². The lowest BCUT2D eigenvalue weighted by Gasteiger charge is -2.23. The highest BCUT2D eigenvalue weighted by Gasteiger charge is 2.18. The number of phenolic OH excluding ortho intramolecular Hbond substituents is 1. The molecule has 17 heavy (non-hydrogen) atoms. The van der Waals surface area contributed by atoms with Crippen molar-refractivity contribution in [2.24, 2.45) is 5.10 Å². The zero-order valence-electron chi connectivity index (χ0n) is 9.17. The van der Waals surface area contributed by atoms with Gasteiger partial charge in [-0.1, -0.05) is 36.4 Å². The summed E-state index contributed by atoms with van der Waals surface area (Å²) in [6.07, 6.45) is 1.81. The van der Waals surface area contributed by atoms with Gasteiger partial charge in [0.05, 0.1) is 12.3 Å². The van der Waals surface area contributed by atoms with E-state index in [2.05, 4.69) is 16.6 Å². The van der Waals surface area contributed by atoms with Crippen molar-refractivity contribution in [3.63, 3.8) is 0 Å². The molecule has 84 valence electrons. The molecule has 3 nitrogen and oxygen atoms in total. The fourth-order valence-electron chi connectivity index (χ4n) is 2.10. The molecule has 1 atom stereocenters. The average Bonchev–Trinajstić information content (AvgIpc) is 2.38. The third-order valence-electron chi connectivity index (χ3n) is 2.92. The Labute approximate surface area is 99.4 Å². The molecule has 1 heterocycles. The summed E-state index contributed by atoms with van der Waals surface area (Å²) in [5.74, 6) is 0.274. The summed E-state index contributed by atoms with van der Waals surface area (Å²) in [7, 11) is 0. The molecule has 0 radical (unpaired) electrons. The number of phenols is 1. The molecule has 2 aromatic carbocycles. The van der Waals surface area contributed by atoms with E-state index in [1.807, 2.05) is 36.5 Å². The maximum Gasteiger partial charge on any atom is 0.115 e. The number of hydrazone groups is 1. The van der Waals surface area contributed by atoms with Gasteiger partial charge in [-0.25, -0.2) is 0 Å². The third kappa shape index (κ3) is 1.76. The van der Waals surface area contributed by atoms with Gasteiger partial charge >= 0.3 is 0 Å². The average molecular weight is 224 g/mol. The van der Waals surface area contributed by atoms with E-state index >= 15 is 0 Å². The van der Waals surface area contributed by atoms with Crippen LogP contribution in [0.4, 0.5) is 0 Å². The van der Waals surface area contributed by atoms with Crippen LogP contribution in [0.5, 0.6) is 5.75 Å². The quantitative estimate of drug-likeness (QED) is 0.781. The van der Waals surface area contributed by atoms with Crippen molar-refractivity contribution in [2.45, 2.75) is 6.04 Å². The van der Waals surface area contributed by atoms with Gasteiger partial charge in [0.15, 0.2) is 0 Å². The van der Waals surface area contributed by atoms with Gasteiger partial charge in [0.2, 0.25) is 0 Å². The molecular weight excluding hydrogens is 212 g/mol. The summed E-state index contributed by atoms with van der Waals surface area (Å²) in [5.41, 5.74) is 6.37. The topological polar surface area (TPSA) is 44.6 Å². The third-order valence-corrected chi connectivity index (χ3v) is 2.92. The smallest absolute Gasteiger partial charge is 0.115 e. The van der Waals surface area contributed by atoms with Crippen LogP contribution in [0.1, 0.15) is 22.7 Å². The van der Waals surface area contributed by atoms with Gasteiger partial charge in [-0.05, 0) is 23.3 Å². The van der Waals surface area contributed by atoms with Crippen molar-refractivity contribution in [3.8, 4) is 5.75 Å². The highest BCUT2D eigenvalue weighted by Crippen LogP contribution is 2.28. The number of nitrogens with one attached hydrogen (secondary N) is 1. The Balaban J connectivity index is 2.09. The van der Waals surface area contributed by atoms with E-state index in [1.54, 1.807) is 12.1 Å². The number of aromatic hydroxyl groups is 1. The van der Waals surface area contributed by atoms with Crippen molar-refractivity contribution in [2.75, 3.05) is 0 Å². The van der Waals surface area contributed by atoms with E-state index in [0.29, 0.717) is 0 Å². The molecule has 2 aromatic rings. The van der Waals surface area contributed by atoms with E-state index < -0.39 is 0 Å². The van der Waals surface area contributed by atoms with Crippen molar-refractivity contribution in [1.29, 1.82) is 0 Å². The second-order valence-electron chi connectivity index (χ2n) is 4.04. The molecule has 1 unspecified atom stereocenters. The molecule has 0 saturated heterocycles. The van der Waals surface area contributed by atoms with Crippen LogP contribution >= 0.6 is 0 Å². The molecule has 3 heteroatoms. The van der Waals surface area contributed by atoms with Gasteiger partial charge in [0.1, 0.15) is 5.75 Å².